The molecule has 0 radical (unpaired) electrons. The highest BCUT2D eigenvalue weighted by atomic mass is 19.1. The molecule has 0 saturated heterocycles. The Kier molecular flexibility index (Phi) is 7.48. The summed E-state index contributed by atoms with van der Waals surface area (Å²) in [5.41, 5.74) is 1.58. The first-order valence-electron chi connectivity index (χ1n) is 11.0. The molecule has 1 heterocycles. The van der Waals surface area contributed by atoms with Crippen molar-refractivity contribution in [2.45, 2.75) is 31.7 Å². The zero-order chi connectivity index (χ0) is 23.9. The Labute approximate surface area is 196 Å². The monoisotopic (exact) mass is 467 g/mol. The number of fused-ring (bicyclic) bond motifs is 1. The quantitative estimate of drug-likeness (QED) is 0.309. The molecule has 0 spiro atoms. The van der Waals surface area contributed by atoms with Crippen molar-refractivity contribution in [1.29, 1.82) is 0 Å². The average Bonchev–Trinajstić information content (AvgIpc) is 2.78. The van der Waals surface area contributed by atoms with E-state index in [-0.39, 0.29) is 29.7 Å². The fraction of sp³-hybridized carbons (Fsp3) is 0.333. The van der Waals surface area contributed by atoms with Gasteiger partial charge in [0.15, 0.2) is 0 Å². The van der Waals surface area contributed by atoms with Gasteiger partial charge in [0, 0.05) is 36.7 Å². The maximum absolute atomic E-state index is 14.8. The largest absolute Gasteiger partial charge is 0.491 e. The topological polar surface area (TPSA) is 114 Å². The lowest BCUT2D eigenvalue weighted by Crippen LogP contribution is -2.40. The van der Waals surface area contributed by atoms with Gasteiger partial charge in [-0.25, -0.2) is 14.4 Å². The summed E-state index contributed by atoms with van der Waals surface area (Å²) >= 11 is 0. The Bertz CT molecular complexity index is 1170. The van der Waals surface area contributed by atoms with E-state index in [1.807, 2.05) is 0 Å². The van der Waals surface area contributed by atoms with Crippen LogP contribution in [0.25, 0.3) is 10.9 Å². The van der Waals surface area contributed by atoms with Crippen LogP contribution in [0.5, 0.6) is 5.75 Å². The molecule has 1 saturated carbocycles. The van der Waals surface area contributed by atoms with E-state index in [4.69, 9.17) is 9.47 Å². The van der Waals surface area contributed by atoms with E-state index < -0.39 is 5.82 Å². The van der Waals surface area contributed by atoms with Gasteiger partial charge in [-0.1, -0.05) is 0 Å². The number of methoxy groups -OCH3 is 1. The van der Waals surface area contributed by atoms with E-state index in [0.717, 1.165) is 19.3 Å². The van der Waals surface area contributed by atoms with Crippen molar-refractivity contribution in [2.75, 3.05) is 31.0 Å². The van der Waals surface area contributed by atoms with E-state index in [1.54, 1.807) is 37.4 Å². The van der Waals surface area contributed by atoms with Crippen LogP contribution in [-0.2, 0) is 14.3 Å². The summed E-state index contributed by atoms with van der Waals surface area (Å²) in [5, 5.41) is 8.85. The van der Waals surface area contributed by atoms with Crippen LogP contribution < -0.4 is 20.7 Å². The van der Waals surface area contributed by atoms with Crippen LogP contribution in [0.4, 0.5) is 21.6 Å². The Morgan fingerprint density at radius 2 is 1.82 bits per heavy atom. The first-order valence-corrected chi connectivity index (χ1v) is 11.0. The molecule has 1 aromatic heterocycles. The molecule has 0 bridgehead atoms. The van der Waals surface area contributed by atoms with E-state index in [0.29, 0.717) is 41.7 Å². The van der Waals surface area contributed by atoms with Gasteiger partial charge in [-0.15, -0.1) is 0 Å². The Morgan fingerprint density at radius 1 is 1.06 bits per heavy atom. The van der Waals surface area contributed by atoms with Crippen molar-refractivity contribution in [3.05, 3.63) is 48.5 Å². The van der Waals surface area contributed by atoms with E-state index in [2.05, 4.69) is 25.9 Å². The van der Waals surface area contributed by atoms with Gasteiger partial charge in [0.2, 0.25) is 11.8 Å². The highest BCUT2D eigenvalue weighted by molar-refractivity contribution is 6.03. The highest BCUT2D eigenvalue weighted by Crippen LogP contribution is 2.29. The van der Waals surface area contributed by atoms with Crippen LogP contribution in [0.15, 0.2) is 42.7 Å². The predicted molar refractivity (Wildman–Crippen MR) is 126 cm³/mol. The number of hydrogen-bond donors (Lipinski definition) is 3. The zero-order valence-electron chi connectivity index (χ0n) is 18.8. The van der Waals surface area contributed by atoms with Gasteiger partial charge in [-0.05, 0) is 43.5 Å². The summed E-state index contributed by atoms with van der Waals surface area (Å²) in [7, 11) is 1.56. The number of ether oxygens (including phenoxy) is 2. The van der Waals surface area contributed by atoms with Crippen LogP contribution in [0.2, 0.25) is 0 Å². The minimum atomic E-state index is -0.517. The third kappa shape index (κ3) is 5.96. The smallest absolute Gasteiger partial charge is 0.233 e. The molecule has 178 valence electrons. The van der Waals surface area contributed by atoms with Crippen molar-refractivity contribution < 1.29 is 23.5 Å². The van der Waals surface area contributed by atoms with Gasteiger partial charge >= 0.3 is 0 Å². The van der Waals surface area contributed by atoms with Gasteiger partial charge < -0.3 is 25.4 Å². The number of aromatic nitrogens is 2. The number of nitrogens with zero attached hydrogens (tertiary/aromatic N) is 2. The molecule has 2 amide bonds. The second kappa shape index (κ2) is 10.9. The summed E-state index contributed by atoms with van der Waals surface area (Å²) in [5.74, 6) is -0.518. The molecule has 0 unspecified atom stereocenters. The Morgan fingerprint density at radius 3 is 2.53 bits per heavy atom. The van der Waals surface area contributed by atoms with Crippen LogP contribution in [0.3, 0.4) is 0 Å². The van der Waals surface area contributed by atoms with Gasteiger partial charge in [0.05, 0.1) is 17.5 Å². The average molecular weight is 468 g/mol. The number of benzene rings is 2. The number of carbonyl (C=O) groups excluding carboxylic acids is 2. The van der Waals surface area contributed by atoms with Crippen molar-refractivity contribution in [3.63, 3.8) is 0 Å². The standard InChI is InChI=1S/C24H26FN5O4/c1-33-9-10-34-18-11-19(25)23-20(12-18)26-14-27-24(23)30-17-7-5-16(6-8-17)29-22(32)13-21(31)28-15-3-2-4-15/h5-8,11-12,14-15H,2-4,9-10,13H2,1H3,(H,28,31)(H,29,32)(H,26,27,30). The number of halogens is 1. The third-order valence-corrected chi connectivity index (χ3v) is 5.44. The predicted octanol–water partition coefficient (Wildman–Crippen LogP) is 3.54. The fourth-order valence-corrected chi connectivity index (χ4v) is 3.49. The van der Waals surface area contributed by atoms with Gasteiger partial charge in [-0.3, -0.25) is 9.59 Å². The molecule has 2 aromatic carbocycles. The summed E-state index contributed by atoms with van der Waals surface area (Å²) in [4.78, 5) is 32.3. The molecule has 4 rings (SSSR count). The van der Waals surface area contributed by atoms with Crippen LogP contribution in [0.1, 0.15) is 25.7 Å². The molecule has 1 aliphatic rings. The van der Waals surface area contributed by atoms with Crippen LogP contribution in [-0.4, -0.2) is 48.1 Å². The summed E-state index contributed by atoms with van der Waals surface area (Å²) in [6, 6.07) is 9.93. The molecular formula is C24H26FN5O4. The fourth-order valence-electron chi connectivity index (χ4n) is 3.49. The normalized spacial score (nSPS) is 13.2. The highest BCUT2D eigenvalue weighted by Gasteiger charge is 2.20. The first-order chi connectivity index (χ1) is 16.5. The van der Waals surface area contributed by atoms with Gasteiger partial charge in [-0.2, -0.15) is 0 Å². The molecular weight excluding hydrogens is 441 g/mol. The maximum Gasteiger partial charge on any atom is 0.233 e. The minimum absolute atomic E-state index is 0.197. The second-order valence-corrected chi connectivity index (χ2v) is 7.99. The SMILES string of the molecule is COCCOc1cc(F)c2c(Nc3ccc(NC(=O)CC(=O)NC4CCC4)cc3)ncnc2c1. The molecule has 9 nitrogen and oxygen atoms in total. The number of hydrogen-bond acceptors (Lipinski definition) is 7. The lowest BCUT2D eigenvalue weighted by atomic mass is 9.93. The molecule has 1 aliphatic carbocycles. The second-order valence-electron chi connectivity index (χ2n) is 7.99. The van der Waals surface area contributed by atoms with Crippen LogP contribution >= 0.6 is 0 Å². The van der Waals surface area contributed by atoms with Crippen molar-refractivity contribution in [1.82, 2.24) is 15.3 Å². The maximum atomic E-state index is 14.8. The number of nitrogens with one attached hydrogen (secondary N) is 3. The van der Waals surface area contributed by atoms with Gasteiger partial charge in [0.25, 0.3) is 0 Å². The Hall–Kier alpha value is -3.79. The lowest BCUT2D eigenvalue weighted by molar-refractivity contribution is -0.127. The molecule has 10 heteroatoms. The van der Waals surface area contributed by atoms with Crippen LogP contribution in [0, 0.1) is 5.82 Å². The number of rotatable bonds is 10. The van der Waals surface area contributed by atoms with E-state index in [9.17, 15) is 14.0 Å². The molecule has 3 aromatic rings. The van der Waals surface area contributed by atoms with E-state index in [1.165, 1.54) is 12.4 Å². The summed E-state index contributed by atoms with van der Waals surface area (Å²) < 4.78 is 25.2. The molecule has 0 aliphatic heterocycles. The Balaban J connectivity index is 1.39. The lowest BCUT2D eigenvalue weighted by Gasteiger charge is -2.26. The minimum Gasteiger partial charge on any atom is -0.491 e. The van der Waals surface area contributed by atoms with Crippen molar-refractivity contribution in [3.8, 4) is 5.75 Å². The van der Waals surface area contributed by atoms with Gasteiger partial charge in [0.1, 0.15) is 36.7 Å². The van der Waals surface area contributed by atoms with E-state index >= 15 is 0 Å². The summed E-state index contributed by atoms with van der Waals surface area (Å²) in [6.07, 6.45) is 4.17. The third-order valence-electron chi connectivity index (χ3n) is 5.44. The molecule has 34 heavy (non-hydrogen) atoms. The molecule has 3 N–H and O–H groups in total. The molecule has 1 fully saturated rings. The number of amides is 2. The van der Waals surface area contributed by atoms with Crippen molar-refractivity contribution >= 4 is 39.9 Å². The zero-order valence-corrected chi connectivity index (χ0v) is 18.8. The number of carbonyl (C=O) groups is 2. The summed E-state index contributed by atoms with van der Waals surface area (Å²) in [6.45, 7) is 0.687. The number of anilines is 3. The first kappa shape index (κ1) is 23.4. The molecule has 0 atom stereocenters. The van der Waals surface area contributed by atoms with Crippen molar-refractivity contribution in [2.24, 2.45) is 0 Å².